The smallest absolute Gasteiger partial charge is 0.268 e. The van der Waals surface area contributed by atoms with Crippen molar-refractivity contribution >= 4 is 17.5 Å². The molecule has 1 heterocycles. The second kappa shape index (κ2) is 6.78. The highest BCUT2D eigenvalue weighted by Crippen LogP contribution is 2.19. The molecule has 4 nitrogen and oxygen atoms in total. The lowest BCUT2D eigenvalue weighted by Gasteiger charge is -2.15. The Bertz CT molecular complexity index is 607. The number of rotatable bonds is 5. The Morgan fingerprint density at radius 3 is 2.62 bits per heavy atom. The fraction of sp³-hybridized carbons (Fsp3) is 0.312. The number of nitrogens with zero attached hydrogens (tertiary/aromatic N) is 1. The molecule has 0 aliphatic rings. The lowest BCUT2D eigenvalue weighted by atomic mass is 10.1. The summed E-state index contributed by atoms with van der Waals surface area (Å²) in [6, 6.07) is 11.3. The van der Waals surface area contributed by atoms with Crippen molar-refractivity contribution in [1.82, 2.24) is 9.88 Å². The third kappa shape index (κ3) is 3.86. The third-order valence-electron chi connectivity index (χ3n) is 3.31. The molecule has 2 rings (SSSR count). The van der Waals surface area contributed by atoms with Crippen LogP contribution in [0.3, 0.4) is 0 Å². The minimum absolute atomic E-state index is 0.165. The minimum atomic E-state index is -0.229. The molecule has 21 heavy (non-hydrogen) atoms. The first-order valence-electron chi connectivity index (χ1n) is 6.95. The maximum absolute atomic E-state index is 12.3. The summed E-state index contributed by atoms with van der Waals surface area (Å²) in [7, 11) is 0. The Hall–Kier alpha value is -1.78. The molecule has 1 aromatic carbocycles. The summed E-state index contributed by atoms with van der Waals surface area (Å²) < 4.78 is 1.85. The van der Waals surface area contributed by atoms with Crippen LogP contribution in [0.2, 0.25) is 5.02 Å². The summed E-state index contributed by atoms with van der Waals surface area (Å²) in [4.78, 5) is 12.3. The van der Waals surface area contributed by atoms with E-state index in [1.807, 2.05) is 48.7 Å². The quantitative estimate of drug-likeness (QED) is 0.891. The number of carbonyl (C=O) groups excluding carboxylic acids is 1. The number of aromatic nitrogens is 1. The summed E-state index contributed by atoms with van der Waals surface area (Å²) >= 11 is 5.99. The zero-order valence-corrected chi connectivity index (χ0v) is 13.0. The van der Waals surface area contributed by atoms with E-state index in [4.69, 9.17) is 17.3 Å². The largest absolute Gasteiger partial charge is 0.349 e. The highest BCUT2D eigenvalue weighted by molar-refractivity contribution is 6.31. The third-order valence-corrected chi connectivity index (χ3v) is 3.52. The number of hydrogen-bond acceptors (Lipinski definition) is 2. The van der Waals surface area contributed by atoms with Gasteiger partial charge in [-0.2, -0.15) is 0 Å². The minimum Gasteiger partial charge on any atom is -0.349 e. The van der Waals surface area contributed by atoms with Crippen molar-refractivity contribution < 1.29 is 4.79 Å². The monoisotopic (exact) mass is 305 g/mol. The Balaban J connectivity index is 2.02. The maximum Gasteiger partial charge on any atom is 0.268 e. The second-order valence-corrected chi connectivity index (χ2v) is 5.71. The first-order valence-corrected chi connectivity index (χ1v) is 7.33. The summed E-state index contributed by atoms with van der Waals surface area (Å²) in [5.74, 6) is -0.165. The highest BCUT2D eigenvalue weighted by atomic mass is 35.5. The maximum atomic E-state index is 12.3. The van der Waals surface area contributed by atoms with Gasteiger partial charge in [0, 0.05) is 24.8 Å². The van der Waals surface area contributed by atoms with Gasteiger partial charge in [0.25, 0.3) is 5.91 Å². The van der Waals surface area contributed by atoms with Crippen LogP contribution in [0.1, 0.15) is 42.0 Å². The van der Waals surface area contributed by atoms with Gasteiger partial charge in [-0.1, -0.05) is 41.9 Å². The van der Waals surface area contributed by atoms with Crippen LogP contribution in [0, 0.1) is 0 Å². The van der Waals surface area contributed by atoms with Gasteiger partial charge in [-0.05, 0) is 25.5 Å². The topological polar surface area (TPSA) is 60.0 Å². The highest BCUT2D eigenvalue weighted by Gasteiger charge is 2.16. The van der Waals surface area contributed by atoms with E-state index in [2.05, 4.69) is 5.32 Å². The Labute approximate surface area is 129 Å². The van der Waals surface area contributed by atoms with Gasteiger partial charge in [-0.25, -0.2) is 0 Å². The van der Waals surface area contributed by atoms with E-state index in [1.54, 1.807) is 12.3 Å². The van der Waals surface area contributed by atoms with Crippen LogP contribution in [-0.2, 0) is 0 Å². The van der Waals surface area contributed by atoms with E-state index in [1.165, 1.54) is 0 Å². The standard InChI is InChI=1S/C16H20ClN3O/c1-11(2)20-10-13(17)8-15(20)16(21)19-9-14(18)12-6-4-3-5-7-12/h3-8,10-11,14H,9,18H2,1-2H3,(H,19,21). The van der Waals surface area contributed by atoms with Gasteiger partial charge in [0.15, 0.2) is 0 Å². The summed E-state index contributed by atoms with van der Waals surface area (Å²) in [5.41, 5.74) is 7.62. The van der Waals surface area contributed by atoms with Gasteiger partial charge >= 0.3 is 0 Å². The van der Waals surface area contributed by atoms with E-state index >= 15 is 0 Å². The average molecular weight is 306 g/mol. The molecule has 0 saturated carbocycles. The number of benzene rings is 1. The van der Waals surface area contributed by atoms with E-state index in [0.717, 1.165) is 5.56 Å². The molecule has 2 aromatic rings. The number of nitrogens with one attached hydrogen (secondary N) is 1. The van der Waals surface area contributed by atoms with Crippen molar-refractivity contribution in [2.24, 2.45) is 5.73 Å². The van der Waals surface area contributed by atoms with Crippen molar-refractivity contribution in [2.45, 2.75) is 25.9 Å². The van der Waals surface area contributed by atoms with E-state index in [-0.39, 0.29) is 18.0 Å². The van der Waals surface area contributed by atoms with Crippen LogP contribution in [-0.4, -0.2) is 17.0 Å². The van der Waals surface area contributed by atoms with Gasteiger partial charge < -0.3 is 15.6 Å². The predicted molar refractivity (Wildman–Crippen MR) is 85.5 cm³/mol. The van der Waals surface area contributed by atoms with Crippen LogP contribution < -0.4 is 11.1 Å². The first kappa shape index (κ1) is 15.6. The van der Waals surface area contributed by atoms with Gasteiger partial charge in [-0.3, -0.25) is 4.79 Å². The lowest BCUT2D eigenvalue weighted by molar-refractivity contribution is 0.0940. The van der Waals surface area contributed by atoms with Crippen LogP contribution in [0.15, 0.2) is 42.6 Å². The van der Waals surface area contributed by atoms with E-state index in [9.17, 15) is 4.79 Å². The predicted octanol–water partition coefficient (Wildman–Crippen LogP) is 3.15. The number of amides is 1. The summed E-state index contributed by atoms with van der Waals surface area (Å²) in [5, 5.41) is 3.42. The molecule has 1 amide bonds. The molecule has 1 unspecified atom stereocenters. The SMILES string of the molecule is CC(C)n1cc(Cl)cc1C(=O)NCC(N)c1ccccc1. The molecule has 0 aliphatic heterocycles. The fourth-order valence-corrected chi connectivity index (χ4v) is 2.37. The Morgan fingerprint density at radius 1 is 1.33 bits per heavy atom. The van der Waals surface area contributed by atoms with Crippen LogP contribution in [0.4, 0.5) is 0 Å². The number of hydrogen-bond donors (Lipinski definition) is 2. The molecule has 0 saturated heterocycles. The Kier molecular flexibility index (Phi) is 5.04. The molecule has 112 valence electrons. The van der Waals surface area contributed by atoms with Crippen molar-refractivity contribution in [3.05, 3.63) is 58.9 Å². The molecule has 0 aliphatic carbocycles. The molecule has 5 heteroatoms. The average Bonchev–Trinajstić information content (AvgIpc) is 2.87. The normalized spacial score (nSPS) is 12.4. The molecule has 1 aromatic heterocycles. The summed E-state index contributed by atoms with van der Waals surface area (Å²) in [6.45, 7) is 4.38. The van der Waals surface area contributed by atoms with Crippen LogP contribution >= 0.6 is 11.6 Å². The molecule has 3 N–H and O–H groups in total. The van der Waals surface area contributed by atoms with E-state index < -0.39 is 0 Å². The van der Waals surface area contributed by atoms with Crippen molar-refractivity contribution in [3.8, 4) is 0 Å². The molecule has 1 atom stereocenters. The molecule has 0 spiro atoms. The first-order chi connectivity index (χ1) is 9.99. The zero-order valence-electron chi connectivity index (χ0n) is 12.2. The zero-order chi connectivity index (χ0) is 15.4. The van der Waals surface area contributed by atoms with Gasteiger partial charge in [0.1, 0.15) is 5.69 Å². The van der Waals surface area contributed by atoms with Gasteiger partial charge in [0.05, 0.1) is 5.02 Å². The van der Waals surface area contributed by atoms with Crippen molar-refractivity contribution in [1.29, 1.82) is 0 Å². The molecule has 0 fully saturated rings. The molecule has 0 bridgehead atoms. The van der Waals surface area contributed by atoms with Gasteiger partial charge in [0.2, 0.25) is 0 Å². The van der Waals surface area contributed by atoms with Crippen molar-refractivity contribution in [3.63, 3.8) is 0 Å². The van der Waals surface area contributed by atoms with Gasteiger partial charge in [-0.15, -0.1) is 0 Å². The van der Waals surface area contributed by atoms with Crippen molar-refractivity contribution in [2.75, 3.05) is 6.54 Å². The molecule has 0 radical (unpaired) electrons. The van der Waals surface area contributed by atoms with Crippen LogP contribution in [0.5, 0.6) is 0 Å². The molecular weight excluding hydrogens is 286 g/mol. The van der Waals surface area contributed by atoms with Crippen LogP contribution in [0.25, 0.3) is 0 Å². The van der Waals surface area contributed by atoms with E-state index in [0.29, 0.717) is 17.3 Å². The lowest BCUT2D eigenvalue weighted by Crippen LogP contribution is -2.33. The number of halogens is 1. The summed E-state index contributed by atoms with van der Waals surface area (Å²) in [6.07, 6.45) is 1.76. The second-order valence-electron chi connectivity index (χ2n) is 5.27. The molecular formula is C16H20ClN3O. The fourth-order valence-electron chi connectivity index (χ4n) is 2.17. The number of carbonyl (C=O) groups is 1. The number of nitrogens with two attached hydrogens (primary N) is 1. The Morgan fingerprint density at radius 2 is 2.00 bits per heavy atom.